The lowest BCUT2D eigenvalue weighted by Crippen LogP contribution is -2.53. The smallest absolute Gasteiger partial charge is 0.222 e. The third-order valence-electron chi connectivity index (χ3n) is 5.22. The third kappa shape index (κ3) is 5.31. The molecule has 3 rings (SSSR count). The van der Waals surface area contributed by atoms with Crippen LogP contribution < -0.4 is 10.6 Å². The molecule has 2 fully saturated rings. The zero-order valence-corrected chi connectivity index (χ0v) is 18.2. The largest absolute Gasteiger partial charge is 0.354 e. The number of carbonyl (C=O) groups excluding carboxylic acids is 1. The Kier molecular flexibility index (Phi) is 7.66. The fourth-order valence-corrected chi connectivity index (χ4v) is 3.46. The van der Waals surface area contributed by atoms with Crippen molar-refractivity contribution in [3.05, 3.63) is 11.6 Å². The van der Waals surface area contributed by atoms with E-state index in [9.17, 15) is 4.79 Å². The third-order valence-corrected chi connectivity index (χ3v) is 5.22. The minimum Gasteiger partial charge on any atom is -0.354 e. The summed E-state index contributed by atoms with van der Waals surface area (Å²) in [5.41, 5.74) is 0. The molecule has 8 nitrogen and oxygen atoms in total. The number of piperidine rings is 1. The first-order valence-electron chi connectivity index (χ1n) is 9.19. The zero-order valence-electron chi connectivity index (χ0n) is 15.9. The Balaban J connectivity index is 0.00000243. The first kappa shape index (κ1) is 20.9. The predicted molar refractivity (Wildman–Crippen MR) is 111 cm³/mol. The van der Waals surface area contributed by atoms with Crippen LogP contribution >= 0.6 is 24.0 Å². The van der Waals surface area contributed by atoms with Crippen LogP contribution in [0.3, 0.4) is 0 Å². The van der Waals surface area contributed by atoms with E-state index in [1.165, 1.54) is 25.7 Å². The maximum absolute atomic E-state index is 11.7. The molecule has 1 saturated heterocycles. The molecule has 1 unspecified atom stereocenters. The SMILES string of the molecule is Cc1nnc(CN=C(NC2CCCC2)NC2CCC(=O)N(C)C2)n1C.I. The van der Waals surface area contributed by atoms with Crippen LogP contribution in [-0.2, 0) is 18.4 Å². The summed E-state index contributed by atoms with van der Waals surface area (Å²) < 4.78 is 1.96. The van der Waals surface area contributed by atoms with Gasteiger partial charge in [-0.2, -0.15) is 0 Å². The van der Waals surface area contributed by atoms with Crippen molar-refractivity contribution >= 4 is 35.8 Å². The van der Waals surface area contributed by atoms with Crippen molar-refractivity contribution in [2.45, 2.75) is 64.1 Å². The second-order valence-electron chi connectivity index (χ2n) is 7.17. The van der Waals surface area contributed by atoms with Crippen LogP contribution in [0.25, 0.3) is 0 Å². The van der Waals surface area contributed by atoms with Crippen LogP contribution in [0.5, 0.6) is 0 Å². The van der Waals surface area contributed by atoms with Crippen molar-refractivity contribution in [3.8, 4) is 0 Å². The van der Waals surface area contributed by atoms with Gasteiger partial charge in [0.05, 0.1) is 0 Å². The highest BCUT2D eigenvalue weighted by molar-refractivity contribution is 14.0. The summed E-state index contributed by atoms with van der Waals surface area (Å²) in [5, 5.41) is 15.4. The van der Waals surface area contributed by atoms with Crippen molar-refractivity contribution in [1.29, 1.82) is 0 Å². The van der Waals surface area contributed by atoms with Gasteiger partial charge >= 0.3 is 0 Å². The predicted octanol–water partition coefficient (Wildman–Crippen LogP) is 1.34. The van der Waals surface area contributed by atoms with Crippen LogP contribution in [0.1, 0.15) is 50.2 Å². The molecule has 1 amide bonds. The van der Waals surface area contributed by atoms with E-state index in [-0.39, 0.29) is 35.9 Å². The van der Waals surface area contributed by atoms with E-state index in [1.807, 2.05) is 25.6 Å². The van der Waals surface area contributed by atoms with Gasteiger partial charge in [0.15, 0.2) is 11.8 Å². The van der Waals surface area contributed by atoms with Gasteiger partial charge in [0.1, 0.15) is 12.4 Å². The van der Waals surface area contributed by atoms with E-state index in [2.05, 4.69) is 20.8 Å². The lowest BCUT2D eigenvalue weighted by molar-refractivity contribution is -0.132. The van der Waals surface area contributed by atoms with Crippen molar-refractivity contribution in [1.82, 2.24) is 30.3 Å². The summed E-state index contributed by atoms with van der Waals surface area (Å²) in [6, 6.07) is 0.715. The normalized spacial score (nSPS) is 21.7. The Bertz CT molecular complexity index is 639. The molecular weight excluding hydrogens is 445 g/mol. The van der Waals surface area contributed by atoms with Gasteiger partial charge in [-0.15, -0.1) is 34.2 Å². The van der Waals surface area contributed by atoms with Crippen molar-refractivity contribution in [2.75, 3.05) is 13.6 Å². The maximum Gasteiger partial charge on any atom is 0.222 e. The number of nitrogens with one attached hydrogen (secondary N) is 2. The minimum atomic E-state index is 0. The maximum atomic E-state index is 11.7. The van der Waals surface area contributed by atoms with Gasteiger partial charge in [-0.1, -0.05) is 12.8 Å². The van der Waals surface area contributed by atoms with E-state index < -0.39 is 0 Å². The molecule has 2 aliphatic rings. The monoisotopic (exact) mass is 475 g/mol. The first-order chi connectivity index (χ1) is 12.0. The number of guanidine groups is 1. The van der Waals surface area contributed by atoms with Gasteiger partial charge in [0, 0.05) is 39.1 Å². The molecule has 1 atom stereocenters. The number of likely N-dealkylation sites (N-methyl/N-ethyl adjacent to an activating group) is 1. The molecule has 0 bridgehead atoms. The van der Waals surface area contributed by atoms with Gasteiger partial charge < -0.3 is 20.1 Å². The van der Waals surface area contributed by atoms with Gasteiger partial charge in [0.2, 0.25) is 5.91 Å². The molecule has 1 aliphatic carbocycles. The Morgan fingerprint density at radius 2 is 1.85 bits per heavy atom. The Morgan fingerprint density at radius 1 is 1.15 bits per heavy atom. The number of likely N-dealkylation sites (tertiary alicyclic amines) is 1. The first-order valence-corrected chi connectivity index (χ1v) is 9.19. The molecule has 1 aromatic heterocycles. The summed E-state index contributed by atoms with van der Waals surface area (Å²) in [5.74, 6) is 2.77. The van der Waals surface area contributed by atoms with E-state index in [0.29, 0.717) is 25.6 Å². The molecule has 1 aliphatic heterocycles. The van der Waals surface area contributed by atoms with Crippen molar-refractivity contribution < 1.29 is 4.79 Å². The van der Waals surface area contributed by atoms with E-state index in [1.54, 1.807) is 4.90 Å². The highest BCUT2D eigenvalue weighted by Gasteiger charge is 2.24. The van der Waals surface area contributed by atoms with Gasteiger partial charge in [-0.25, -0.2) is 4.99 Å². The lowest BCUT2D eigenvalue weighted by Gasteiger charge is -2.31. The van der Waals surface area contributed by atoms with Gasteiger partial charge in [-0.05, 0) is 26.2 Å². The second-order valence-corrected chi connectivity index (χ2v) is 7.17. The molecule has 1 aromatic rings. The lowest BCUT2D eigenvalue weighted by atomic mass is 10.1. The molecule has 9 heteroatoms. The fourth-order valence-electron chi connectivity index (χ4n) is 3.46. The molecule has 26 heavy (non-hydrogen) atoms. The number of hydrogen-bond acceptors (Lipinski definition) is 4. The molecule has 2 heterocycles. The molecule has 0 spiro atoms. The summed E-state index contributed by atoms with van der Waals surface area (Å²) in [7, 11) is 3.82. The van der Waals surface area contributed by atoms with E-state index in [0.717, 1.165) is 24.0 Å². The Hall–Kier alpha value is -1.39. The van der Waals surface area contributed by atoms with Crippen molar-refractivity contribution in [2.24, 2.45) is 12.0 Å². The van der Waals surface area contributed by atoms with Gasteiger partial charge in [-0.3, -0.25) is 4.79 Å². The van der Waals surface area contributed by atoms with Crippen LogP contribution in [-0.4, -0.2) is 57.2 Å². The van der Waals surface area contributed by atoms with Crippen LogP contribution in [0.4, 0.5) is 0 Å². The van der Waals surface area contributed by atoms with E-state index >= 15 is 0 Å². The number of amides is 1. The summed E-state index contributed by atoms with van der Waals surface area (Å²) in [6.07, 6.45) is 6.35. The topological polar surface area (TPSA) is 87.4 Å². The van der Waals surface area contributed by atoms with Crippen LogP contribution in [0.15, 0.2) is 4.99 Å². The van der Waals surface area contributed by atoms with Crippen LogP contribution in [0, 0.1) is 6.92 Å². The number of nitrogens with zero attached hydrogens (tertiary/aromatic N) is 5. The number of aryl methyl sites for hydroxylation is 1. The summed E-state index contributed by atoms with van der Waals surface area (Å²) >= 11 is 0. The molecule has 146 valence electrons. The standard InChI is InChI=1S/C17H29N7O.HI/c1-12-21-22-15(24(12)3)10-18-17(19-13-6-4-5-7-13)20-14-8-9-16(25)23(2)11-14;/h13-14H,4-11H2,1-3H3,(H2,18,19,20);1H. The molecular formula is C17H30IN7O. The number of aromatic nitrogens is 3. The number of carbonyl (C=O) groups is 1. The average molecular weight is 475 g/mol. The average Bonchev–Trinajstić information content (AvgIpc) is 3.20. The fraction of sp³-hybridized carbons (Fsp3) is 0.765. The van der Waals surface area contributed by atoms with Crippen molar-refractivity contribution in [3.63, 3.8) is 0 Å². The minimum absolute atomic E-state index is 0. The summed E-state index contributed by atoms with van der Waals surface area (Å²) in [4.78, 5) is 18.2. The number of halogens is 1. The van der Waals surface area contributed by atoms with Crippen LogP contribution in [0.2, 0.25) is 0 Å². The molecule has 2 N–H and O–H groups in total. The zero-order chi connectivity index (χ0) is 17.8. The highest BCUT2D eigenvalue weighted by atomic mass is 127. The molecule has 1 saturated carbocycles. The van der Waals surface area contributed by atoms with Gasteiger partial charge in [0.25, 0.3) is 0 Å². The Morgan fingerprint density at radius 3 is 2.46 bits per heavy atom. The quantitative estimate of drug-likeness (QED) is 0.390. The second kappa shape index (κ2) is 9.52. The summed E-state index contributed by atoms with van der Waals surface area (Å²) in [6.45, 7) is 3.14. The highest BCUT2D eigenvalue weighted by Crippen LogP contribution is 2.18. The molecule has 0 radical (unpaired) electrons. The molecule has 0 aromatic carbocycles. The number of hydrogen-bond donors (Lipinski definition) is 2. The number of aliphatic imine (C=N–C) groups is 1. The number of rotatable bonds is 4. The Labute approximate surface area is 172 Å². The van der Waals surface area contributed by atoms with E-state index in [4.69, 9.17) is 4.99 Å².